The third-order valence-corrected chi connectivity index (χ3v) is 3.24. The van der Waals surface area contributed by atoms with Crippen LogP contribution in [0.1, 0.15) is 6.92 Å². The molecular weight excluding hydrogens is 250 g/mol. The molecule has 0 fully saturated rings. The highest BCUT2D eigenvalue weighted by Gasteiger charge is 2.32. The van der Waals surface area contributed by atoms with Crippen LogP contribution in [0.25, 0.3) is 0 Å². The zero-order valence-corrected chi connectivity index (χ0v) is 9.60. The normalized spacial score (nSPS) is 17.5. The van der Waals surface area contributed by atoms with Crippen molar-refractivity contribution in [1.29, 1.82) is 0 Å². The van der Waals surface area contributed by atoms with Crippen LogP contribution in [0, 0.1) is 0 Å². The maximum Gasteiger partial charge on any atom is 0.481 e. The monoisotopic (exact) mass is 262 g/mol. The molecule has 0 aliphatic rings. The number of phosphoric ester groups is 1. The number of hydrogen-bond acceptors (Lipinski definition) is 5. The van der Waals surface area contributed by atoms with Crippen LogP contribution in [-0.2, 0) is 18.0 Å². The van der Waals surface area contributed by atoms with Gasteiger partial charge in [0, 0.05) is 0 Å². The number of rotatable bonds is 6. The molecule has 15 heavy (non-hydrogen) atoms. The van der Waals surface area contributed by atoms with Gasteiger partial charge in [-0.25, -0.2) is 9.13 Å². The van der Waals surface area contributed by atoms with Crippen LogP contribution < -0.4 is 0 Å². The molecule has 1 unspecified atom stereocenters. The summed E-state index contributed by atoms with van der Waals surface area (Å²) in [5, 5.41) is 8.43. The van der Waals surface area contributed by atoms with Crippen LogP contribution in [-0.4, -0.2) is 33.0 Å². The van der Waals surface area contributed by atoms with Crippen LogP contribution in [0.4, 0.5) is 0 Å². The maximum atomic E-state index is 10.9. The first-order valence-electron chi connectivity index (χ1n) is 3.67. The smallest absolute Gasteiger partial charge is 0.392 e. The van der Waals surface area contributed by atoms with Gasteiger partial charge in [-0.15, -0.1) is 0 Å². The molecule has 0 aliphatic carbocycles. The molecule has 0 bridgehead atoms. The van der Waals surface area contributed by atoms with Crippen molar-refractivity contribution in [1.82, 2.24) is 0 Å². The van der Waals surface area contributed by atoms with Crippen LogP contribution in [0.2, 0.25) is 0 Å². The molecule has 0 aromatic rings. The van der Waals surface area contributed by atoms with Gasteiger partial charge in [-0.05, 0) is 12.5 Å². The second kappa shape index (κ2) is 5.89. The molecule has 0 aromatic heterocycles. The maximum absolute atomic E-state index is 10.9. The zero-order valence-electron chi connectivity index (χ0n) is 7.81. The summed E-state index contributed by atoms with van der Waals surface area (Å²) >= 11 is 0. The minimum absolute atomic E-state index is 0.274. The van der Waals surface area contributed by atoms with Crippen molar-refractivity contribution in [3.63, 3.8) is 0 Å². The summed E-state index contributed by atoms with van der Waals surface area (Å²) < 4.78 is 28.8. The van der Waals surface area contributed by atoms with Crippen molar-refractivity contribution >= 4 is 15.6 Å². The molecule has 90 valence electrons. The lowest BCUT2D eigenvalue weighted by atomic mass is 10.3. The first-order valence-corrected chi connectivity index (χ1v) is 6.69. The summed E-state index contributed by atoms with van der Waals surface area (Å²) in [4.78, 5) is 25.3. The second-order valence-electron chi connectivity index (χ2n) is 2.55. The highest BCUT2D eigenvalue weighted by atomic mass is 31.3. The fourth-order valence-corrected chi connectivity index (χ4v) is 2.19. The third-order valence-electron chi connectivity index (χ3n) is 1.10. The second-order valence-corrected chi connectivity index (χ2v) is 5.38. The molecule has 0 rings (SSSR count). The number of aliphatic hydroxyl groups is 1. The summed E-state index contributed by atoms with van der Waals surface area (Å²) in [6.45, 7) is 0.840. The van der Waals surface area contributed by atoms with Crippen LogP contribution >= 0.6 is 15.6 Å². The van der Waals surface area contributed by atoms with Gasteiger partial charge >= 0.3 is 15.6 Å². The van der Waals surface area contributed by atoms with Gasteiger partial charge in [-0.2, -0.15) is 4.31 Å². The average Bonchev–Trinajstić information content (AvgIpc) is 1.97. The Balaban J connectivity index is 4.23. The van der Waals surface area contributed by atoms with Gasteiger partial charge in [-0.1, -0.05) is 6.08 Å². The SMILES string of the molecule is C/C(=C/CO)COP(=O)(O)OP(=O)(O)O. The highest BCUT2D eigenvalue weighted by molar-refractivity contribution is 7.60. The predicted molar refractivity (Wildman–Crippen MR) is 49.7 cm³/mol. The van der Waals surface area contributed by atoms with E-state index in [-0.39, 0.29) is 13.2 Å². The number of phosphoric acid groups is 2. The van der Waals surface area contributed by atoms with Gasteiger partial charge in [0.2, 0.25) is 0 Å². The van der Waals surface area contributed by atoms with E-state index in [4.69, 9.17) is 19.8 Å². The Labute approximate surface area is 86.0 Å². The molecular formula is C5H12O8P2. The van der Waals surface area contributed by atoms with Gasteiger partial charge in [0.1, 0.15) is 0 Å². The fourth-order valence-electron chi connectivity index (χ4n) is 0.556. The molecule has 10 heteroatoms. The minimum Gasteiger partial charge on any atom is -0.392 e. The van der Waals surface area contributed by atoms with Crippen molar-refractivity contribution in [3.05, 3.63) is 11.6 Å². The fraction of sp³-hybridized carbons (Fsp3) is 0.600. The van der Waals surface area contributed by atoms with E-state index >= 15 is 0 Å². The van der Waals surface area contributed by atoms with Gasteiger partial charge in [0.15, 0.2) is 0 Å². The summed E-state index contributed by atoms with van der Waals surface area (Å²) in [5.41, 5.74) is 0.418. The van der Waals surface area contributed by atoms with Crippen molar-refractivity contribution < 1.29 is 37.8 Å². The standard InChI is InChI=1S/C5H12O8P2/c1-5(2-3-6)4-12-15(10,11)13-14(7,8)9/h2,6H,3-4H2,1H3,(H,10,11)(H2,7,8,9)/b5-2-. The molecule has 0 spiro atoms. The molecule has 8 nitrogen and oxygen atoms in total. The quantitative estimate of drug-likeness (QED) is 0.392. The summed E-state index contributed by atoms with van der Waals surface area (Å²) in [6, 6.07) is 0. The summed E-state index contributed by atoms with van der Waals surface area (Å²) in [6.07, 6.45) is 1.30. The van der Waals surface area contributed by atoms with E-state index in [0.717, 1.165) is 0 Å². The van der Waals surface area contributed by atoms with E-state index in [2.05, 4.69) is 8.83 Å². The Morgan fingerprint density at radius 1 is 1.33 bits per heavy atom. The topological polar surface area (TPSA) is 134 Å². The molecule has 0 amide bonds. The summed E-state index contributed by atoms with van der Waals surface area (Å²) in [7, 11) is -9.85. The van der Waals surface area contributed by atoms with Gasteiger partial charge in [0.25, 0.3) is 0 Å². The van der Waals surface area contributed by atoms with E-state index in [1.54, 1.807) is 0 Å². The first kappa shape index (κ1) is 15.0. The molecule has 0 aromatic carbocycles. The van der Waals surface area contributed by atoms with Gasteiger partial charge in [-0.3, -0.25) is 4.52 Å². The van der Waals surface area contributed by atoms with E-state index in [0.29, 0.717) is 5.57 Å². The Morgan fingerprint density at radius 3 is 2.27 bits per heavy atom. The van der Waals surface area contributed by atoms with Gasteiger partial charge < -0.3 is 19.8 Å². The Morgan fingerprint density at radius 2 is 1.87 bits per heavy atom. The largest absolute Gasteiger partial charge is 0.481 e. The number of aliphatic hydroxyl groups excluding tert-OH is 1. The van der Waals surface area contributed by atoms with E-state index in [1.807, 2.05) is 0 Å². The Kier molecular flexibility index (Phi) is 5.87. The molecule has 0 radical (unpaired) electrons. The predicted octanol–water partition coefficient (Wildman–Crippen LogP) is 0.151. The van der Waals surface area contributed by atoms with E-state index in [9.17, 15) is 9.13 Å². The van der Waals surface area contributed by atoms with E-state index in [1.165, 1.54) is 13.0 Å². The lowest BCUT2D eigenvalue weighted by molar-refractivity contribution is 0.188. The summed E-state index contributed by atoms with van der Waals surface area (Å²) in [5.74, 6) is 0. The zero-order chi connectivity index (χ0) is 12.1. The first-order chi connectivity index (χ1) is 6.66. The Bertz CT molecular complexity index is 317. The average molecular weight is 262 g/mol. The van der Waals surface area contributed by atoms with Gasteiger partial charge in [0.05, 0.1) is 13.2 Å². The molecule has 0 heterocycles. The highest BCUT2D eigenvalue weighted by Crippen LogP contribution is 2.57. The van der Waals surface area contributed by atoms with Crippen LogP contribution in [0.5, 0.6) is 0 Å². The molecule has 0 saturated carbocycles. The van der Waals surface area contributed by atoms with Crippen molar-refractivity contribution in [2.75, 3.05) is 13.2 Å². The van der Waals surface area contributed by atoms with Crippen molar-refractivity contribution in [2.45, 2.75) is 6.92 Å². The third kappa shape index (κ3) is 8.92. The van der Waals surface area contributed by atoms with Crippen molar-refractivity contribution in [3.8, 4) is 0 Å². The molecule has 0 saturated heterocycles. The lowest BCUT2D eigenvalue weighted by Crippen LogP contribution is -1.97. The van der Waals surface area contributed by atoms with Crippen LogP contribution in [0.3, 0.4) is 0 Å². The van der Waals surface area contributed by atoms with Crippen molar-refractivity contribution in [2.24, 2.45) is 0 Å². The van der Waals surface area contributed by atoms with E-state index < -0.39 is 15.6 Å². The molecule has 4 N–H and O–H groups in total. The lowest BCUT2D eigenvalue weighted by Gasteiger charge is -2.12. The molecule has 1 atom stereocenters. The number of hydrogen-bond donors (Lipinski definition) is 4. The molecule has 0 aliphatic heterocycles. The minimum atomic E-state index is -5.07. The Hall–Kier alpha value is -0.0400. The van der Waals surface area contributed by atoms with Crippen LogP contribution in [0.15, 0.2) is 11.6 Å².